The molecule has 31 heavy (non-hydrogen) atoms. The molecule has 6 nitrogen and oxygen atoms in total. The average Bonchev–Trinajstić information content (AvgIpc) is 2.79. The van der Waals surface area contributed by atoms with Crippen molar-refractivity contribution in [2.24, 2.45) is 0 Å². The highest BCUT2D eigenvalue weighted by Crippen LogP contribution is 2.45. The first kappa shape index (κ1) is 18.9. The standard InChI is InChI=1S/C25H18O6/c1-29-16-9-7-15(8-10-16)17-11-21(27)31-20-12-19(26)23-24(28)18(13-30-25(23)22(17)20)14-5-3-2-4-6-14/h2-10,12-13,17,26H,11H2,1H3/t17-/m1/s1. The van der Waals surface area contributed by atoms with Gasteiger partial charge in [0.2, 0.25) is 5.43 Å². The molecule has 0 bridgehead atoms. The normalized spacial score (nSPS) is 15.4. The van der Waals surface area contributed by atoms with Crippen molar-refractivity contribution in [1.29, 1.82) is 0 Å². The largest absolute Gasteiger partial charge is 0.507 e. The van der Waals surface area contributed by atoms with Crippen LogP contribution in [0.15, 0.2) is 76.1 Å². The zero-order valence-electron chi connectivity index (χ0n) is 16.6. The number of phenolic OH excluding ortho intramolecular Hbond substituents is 1. The molecule has 1 aliphatic heterocycles. The number of benzene rings is 3. The lowest BCUT2D eigenvalue weighted by atomic mass is 9.85. The number of ether oxygens (including phenoxy) is 2. The van der Waals surface area contributed by atoms with Crippen LogP contribution in [0.3, 0.4) is 0 Å². The van der Waals surface area contributed by atoms with Crippen LogP contribution in [0.5, 0.6) is 17.2 Å². The topological polar surface area (TPSA) is 86.0 Å². The molecule has 0 spiro atoms. The Bertz CT molecular complexity index is 1350. The van der Waals surface area contributed by atoms with Gasteiger partial charge in [-0.25, -0.2) is 0 Å². The number of hydrogen-bond donors (Lipinski definition) is 1. The fraction of sp³-hybridized carbons (Fsp3) is 0.120. The first-order valence-electron chi connectivity index (χ1n) is 9.78. The summed E-state index contributed by atoms with van der Waals surface area (Å²) in [5.74, 6) is -0.218. The Morgan fingerprint density at radius 3 is 2.48 bits per heavy atom. The first-order chi connectivity index (χ1) is 15.1. The lowest BCUT2D eigenvalue weighted by Gasteiger charge is -2.26. The molecule has 1 N–H and O–H groups in total. The maximum Gasteiger partial charge on any atom is 0.312 e. The Hall–Kier alpha value is -4.06. The summed E-state index contributed by atoms with van der Waals surface area (Å²) >= 11 is 0. The second-order valence-corrected chi connectivity index (χ2v) is 7.36. The van der Waals surface area contributed by atoms with E-state index < -0.39 is 11.9 Å². The van der Waals surface area contributed by atoms with E-state index in [9.17, 15) is 14.7 Å². The van der Waals surface area contributed by atoms with Gasteiger partial charge < -0.3 is 19.0 Å². The molecule has 0 amide bonds. The van der Waals surface area contributed by atoms with E-state index in [1.165, 1.54) is 12.3 Å². The maximum atomic E-state index is 13.3. The van der Waals surface area contributed by atoms with Crippen molar-refractivity contribution in [3.63, 3.8) is 0 Å². The Morgan fingerprint density at radius 1 is 1.03 bits per heavy atom. The van der Waals surface area contributed by atoms with E-state index in [1.54, 1.807) is 31.4 Å². The van der Waals surface area contributed by atoms with Gasteiger partial charge in [0.15, 0.2) is 0 Å². The van der Waals surface area contributed by atoms with Crippen molar-refractivity contribution < 1.29 is 23.8 Å². The van der Waals surface area contributed by atoms with Crippen molar-refractivity contribution in [3.8, 4) is 28.4 Å². The molecule has 1 aromatic heterocycles. The second kappa shape index (κ2) is 7.32. The first-order valence-corrected chi connectivity index (χ1v) is 9.78. The van der Waals surface area contributed by atoms with Crippen LogP contribution in [0.1, 0.15) is 23.5 Å². The highest BCUT2D eigenvalue weighted by Gasteiger charge is 2.33. The minimum absolute atomic E-state index is 0.0663. The molecule has 0 saturated carbocycles. The molecular formula is C25H18O6. The monoisotopic (exact) mass is 414 g/mol. The molecule has 154 valence electrons. The fourth-order valence-electron chi connectivity index (χ4n) is 4.07. The lowest BCUT2D eigenvalue weighted by Crippen LogP contribution is -2.22. The molecule has 0 unspecified atom stereocenters. The van der Waals surface area contributed by atoms with Gasteiger partial charge in [0.1, 0.15) is 34.5 Å². The van der Waals surface area contributed by atoms with E-state index >= 15 is 0 Å². The summed E-state index contributed by atoms with van der Waals surface area (Å²) in [6.45, 7) is 0. The minimum atomic E-state index is -0.421. The van der Waals surface area contributed by atoms with Crippen LogP contribution >= 0.6 is 0 Å². The number of fused-ring (bicyclic) bond motifs is 3. The minimum Gasteiger partial charge on any atom is -0.507 e. The predicted molar refractivity (Wildman–Crippen MR) is 115 cm³/mol. The number of rotatable bonds is 3. The number of carbonyl (C=O) groups excluding carboxylic acids is 1. The fourth-order valence-corrected chi connectivity index (χ4v) is 4.07. The number of hydrogen-bond acceptors (Lipinski definition) is 6. The summed E-state index contributed by atoms with van der Waals surface area (Å²) in [5.41, 5.74) is 2.31. The van der Waals surface area contributed by atoms with Crippen LogP contribution in [-0.2, 0) is 4.79 Å². The third-order valence-corrected chi connectivity index (χ3v) is 5.57. The van der Waals surface area contributed by atoms with Gasteiger partial charge in [-0.05, 0) is 23.3 Å². The van der Waals surface area contributed by atoms with E-state index in [0.29, 0.717) is 22.4 Å². The summed E-state index contributed by atoms with van der Waals surface area (Å²) in [6.07, 6.45) is 1.48. The zero-order valence-corrected chi connectivity index (χ0v) is 16.6. The second-order valence-electron chi connectivity index (χ2n) is 7.36. The van der Waals surface area contributed by atoms with Crippen molar-refractivity contribution >= 4 is 16.9 Å². The molecule has 4 aromatic rings. The highest BCUT2D eigenvalue weighted by atomic mass is 16.5. The highest BCUT2D eigenvalue weighted by molar-refractivity contribution is 5.94. The summed E-state index contributed by atoms with van der Waals surface area (Å²) in [4.78, 5) is 25.5. The van der Waals surface area contributed by atoms with Crippen LogP contribution < -0.4 is 14.9 Å². The van der Waals surface area contributed by atoms with Crippen LogP contribution in [0, 0.1) is 0 Å². The van der Waals surface area contributed by atoms with Gasteiger partial charge in [0, 0.05) is 17.5 Å². The number of phenols is 1. The summed E-state index contributed by atoms with van der Waals surface area (Å²) in [7, 11) is 1.58. The van der Waals surface area contributed by atoms with E-state index in [4.69, 9.17) is 13.9 Å². The number of esters is 1. The summed E-state index contributed by atoms with van der Waals surface area (Å²) < 4.78 is 16.5. The van der Waals surface area contributed by atoms with Gasteiger partial charge in [-0.1, -0.05) is 42.5 Å². The lowest BCUT2D eigenvalue weighted by molar-refractivity contribution is -0.135. The molecule has 1 atom stereocenters. The van der Waals surface area contributed by atoms with Crippen LogP contribution in [-0.4, -0.2) is 18.2 Å². The molecule has 0 fully saturated rings. The molecule has 6 heteroatoms. The quantitative estimate of drug-likeness (QED) is 0.389. The Labute approximate surface area is 177 Å². The van der Waals surface area contributed by atoms with E-state index in [0.717, 1.165) is 5.56 Å². The van der Waals surface area contributed by atoms with Gasteiger partial charge in [-0.3, -0.25) is 9.59 Å². The van der Waals surface area contributed by atoms with Crippen molar-refractivity contribution in [2.45, 2.75) is 12.3 Å². The van der Waals surface area contributed by atoms with Crippen molar-refractivity contribution in [2.75, 3.05) is 7.11 Å². The molecule has 1 aliphatic rings. The van der Waals surface area contributed by atoms with Crippen molar-refractivity contribution in [3.05, 3.63) is 88.3 Å². The van der Waals surface area contributed by atoms with Gasteiger partial charge in [0.25, 0.3) is 0 Å². The molecule has 5 rings (SSSR count). The third-order valence-electron chi connectivity index (χ3n) is 5.57. The smallest absolute Gasteiger partial charge is 0.312 e. The van der Waals surface area contributed by atoms with Gasteiger partial charge in [-0.15, -0.1) is 0 Å². The molecule has 0 radical (unpaired) electrons. The summed E-state index contributed by atoms with van der Waals surface area (Å²) in [5, 5.41) is 10.7. The van der Waals surface area contributed by atoms with Gasteiger partial charge in [-0.2, -0.15) is 0 Å². The van der Waals surface area contributed by atoms with Gasteiger partial charge >= 0.3 is 5.97 Å². The van der Waals surface area contributed by atoms with E-state index in [2.05, 4.69) is 0 Å². The number of methoxy groups -OCH3 is 1. The Morgan fingerprint density at radius 2 is 1.77 bits per heavy atom. The van der Waals surface area contributed by atoms with Crippen molar-refractivity contribution in [1.82, 2.24) is 0 Å². The van der Waals surface area contributed by atoms with Crippen LogP contribution in [0.2, 0.25) is 0 Å². The molecule has 0 saturated heterocycles. The Kier molecular flexibility index (Phi) is 4.47. The van der Waals surface area contributed by atoms with Crippen LogP contribution in [0.25, 0.3) is 22.1 Å². The van der Waals surface area contributed by atoms with Crippen LogP contribution in [0.4, 0.5) is 0 Å². The van der Waals surface area contributed by atoms with E-state index in [1.807, 2.05) is 30.3 Å². The number of carbonyl (C=O) groups is 1. The number of aromatic hydroxyl groups is 1. The van der Waals surface area contributed by atoms with Gasteiger partial charge in [0.05, 0.1) is 19.1 Å². The molecular weight excluding hydrogens is 396 g/mol. The zero-order chi connectivity index (χ0) is 21.5. The summed E-state index contributed by atoms with van der Waals surface area (Å²) in [6, 6.07) is 17.8. The maximum absolute atomic E-state index is 13.3. The average molecular weight is 414 g/mol. The molecule has 2 heterocycles. The third kappa shape index (κ3) is 3.13. The Balaban J connectivity index is 1.76. The predicted octanol–water partition coefficient (Wildman–Crippen LogP) is 4.62. The molecule has 3 aromatic carbocycles. The molecule has 0 aliphatic carbocycles. The SMILES string of the molecule is COc1ccc([C@H]2CC(=O)Oc3cc(O)c4c(=O)c(-c5ccccc5)coc4c32)cc1. The van der Waals surface area contributed by atoms with E-state index in [-0.39, 0.29) is 34.3 Å².